The highest BCUT2D eigenvalue weighted by molar-refractivity contribution is 6.63. The second-order valence-electron chi connectivity index (χ2n) is 8.91. The molecule has 1 aromatic rings. The van der Waals surface area contributed by atoms with Gasteiger partial charge in [0.05, 0.1) is 17.3 Å². The summed E-state index contributed by atoms with van der Waals surface area (Å²) in [6.07, 6.45) is 2.64. The van der Waals surface area contributed by atoms with Crippen LogP contribution in [0.2, 0.25) is 0 Å². The second-order valence-corrected chi connectivity index (χ2v) is 8.91. The highest BCUT2D eigenvalue weighted by atomic mass is 16.7. The minimum Gasteiger partial charge on any atom is -0.491 e. The van der Waals surface area contributed by atoms with Crippen molar-refractivity contribution in [3.8, 4) is 5.75 Å². The zero-order valence-corrected chi connectivity index (χ0v) is 15.5. The largest absolute Gasteiger partial charge is 0.498 e. The average molecular weight is 316 g/mol. The minimum absolute atomic E-state index is 0.0934. The Bertz CT molecular complexity index is 581. The van der Waals surface area contributed by atoms with Crippen molar-refractivity contribution in [3.63, 3.8) is 0 Å². The van der Waals surface area contributed by atoms with Gasteiger partial charge in [-0.15, -0.1) is 0 Å². The van der Waals surface area contributed by atoms with Crippen LogP contribution in [-0.2, 0) is 14.7 Å². The lowest BCUT2D eigenvalue weighted by Crippen LogP contribution is -2.41. The van der Waals surface area contributed by atoms with Crippen molar-refractivity contribution in [2.45, 2.75) is 84.0 Å². The number of hydrogen-bond donors (Lipinski definition) is 0. The van der Waals surface area contributed by atoms with Crippen LogP contribution >= 0.6 is 0 Å². The molecule has 1 saturated heterocycles. The van der Waals surface area contributed by atoms with E-state index in [-0.39, 0.29) is 23.7 Å². The summed E-state index contributed by atoms with van der Waals surface area (Å²) in [4.78, 5) is 0. The van der Waals surface area contributed by atoms with Crippen LogP contribution in [0, 0.1) is 0 Å². The van der Waals surface area contributed by atoms with E-state index in [1.54, 1.807) is 0 Å². The normalized spacial score (nSPS) is 23.2. The molecule has 1 aliphatic heterocycles. The smallest absolute Gasteiger partial charge is 0.491 e. The molecule has 23 heavy (non-hydrogen) atoms. The van der Waals surface area contributed by atoms with Gasteiger partial charge in [-0.25, -0.2) is 0 Å². The van der Waals surface area contributed by atoms with Gasteiger partial charge in [0.15, 0.2) is 0 Å². The molecule has 0 atom stereocenters. The second kappa shape index (κ2) is 5.25. The van der Waals surface area contributed by atoms with E-state index in [1.807, 2.05) is 0 Å². The van der Waals surface area contributed by atoms with Crippen molar-refractivity contribution in [1.82, 2.24) is 0 Å². The molecule has 0 N–H and O–H groups in total. The van der Waals surface area contributed by atoms with E-state index < -0.39 is 0 Å². The molecule has 1 heterocycles. The van der Waals surface area contributed by atoms with E-state index in [9.17, 15) is 0 Å². The van der Waals surface area contributed by atoms with Gasteiger partial charge in [-0.2, -0.15) is 0 Å². The van der Waals surface area contributed by atoms with Crippen LogP contribution in [0.4, 0.5) is 0 Å². The Balaban J connectivity index is 1.95. The van der Waals surface area contributed by atoms with Gasteiger partial charge in [-0.3, -0.25) is 0 Å². The Morgan fingerprint density at radius 1 is 1.04 bits per heavy atom. The van der Waals surface area contributed by atoms with Gasteiger partial charge >= 0.3 is 7.12 Å². The Morgan fingerprint density at radius 3 is 2.09 bits per heavy atom. The maximum absolute atomic E-state index is 6.22. The minimum atomic E-state index is -0.372. The highest BCUT2D eigenvalue weighted by Crippen LogP contribution is 2.38. The quantitative estimate of drug-likeness (QED) is 0.793. The summed E-state index contributed by atoms with van der Waals surface area (Å²) < 4.78 is 18.6. The van der Waals surface area contributed by atoms with Crippen molar-refractivity contribution >= 4 is 12.6 Å². The lowest BCUT2D eigenvalue weighted by Gasteiger charge is -2.32. The summed E-state index contributed by atoms with van der Waals surface area (Å²) in [6.45, 7) is 15.0. The third-order valence-electron chi connectivity index (χ3n) is 5.20. The molecular formula is C19H29BO3. The lowest BCUT2D eigenvalue weighted by molar-refractivity contribution is 0.00578. The van der Waals surface area contributed by atoms with Crippen LogP contribution in [0.1, 0.15) is 66.9 Å². The molecule has 3 rings (SSSR count). The first-order chi connectivity index (χ1) is 10.5. The van der Waals surface area contributed by atoms with Gasteiger partial charge in [0.2, 0.25) is 0 Å². The standard InChI is InChI=1S/C19H29BO3/c1-17(2,3)13-8-11-15(16(12-13)21-14-9-10-14)20-22-18(4,5)19(6,7)23-20/h8,11-12,14H,9-10H2,1-7H3. The van der Waals surface area contributed by atoms with Gasteiger partial charge < -0.3 is 14.0 Å². The Kier molecular flexibility index (Phi) is 3.85. The predicted molar refractivity (Wildman–Crippen MR) is 94.5 cm³/mol. The highest BCUT2D eigenvalue weighted by Gasteiger charge is 2.52. The molecule has 0 aromatic heterocycles. The SMILES string of the molecule is CC(C)(C)c1ccc(B2OC(C)(C)C(C)(C)O2)c(OC2CC2)c1. The van der Waals surface area contributed by atoms with Gasteiger partial charge in [0.1, 0.15) is 5.75 Å². The molecule has 2 aliphatic rings. The van der Waals surface area contributed by atoms with E-state index in [0.717, 1.165) is 24.1 Å². The summed E-state index contributed by atoms with van der Waals surface area (Å²) in [5.41, 5.74) is 1.70. The van der Waals surface area contributed by atoms with Crippen molar-refractivity contribution in [2.24, 2.45) is 0 Å². The first-order valence-corrected chi connectivity index (χ1v) is 8.66. The van der Waals surface area contributed by atoms with Crippen LogP contribution in [0.25, 0.3) is 0 Å². The number of ether oxygens (including phenoxy) is 1. The van der Waals surface area contributed by atoms with Gasteiger partial charge in [0, 0.05) is 5.46 Å². The zero-order valence-electron chi connectivity index (χ0n) is 15.5. The molecule has 3 nitrogen and oxygen atoms in total. The molecule has 1 aromatic carbocycles. The maximum Gasteiger partial charge on any atom is 0.498 e. The van der Waals surface area contributed by atoms with Crippen LogP contribution in [0.5, 0.6) is 5.75 Å². The first kappa shape index (κ1) is 16.8. The van der Waals surface area contributed by atoms with E-state index >= 15 is 0 Å². The summed E-state index contributed by atoms with van der Waals surface area (Å²) in [6, 6.07) is 6.44. The molecule has 0 spiro atoms. The van der Waals surface area contributed by atoms with Gasteiger partial charge in [-0.05, 0) is 57.6 Å². The fourth-order valence-electron chi connectivity index (χ4n) is 2.63. The fourth-order valence-corrected chi connectivity index (χ4v) is 2.63. The van der Waals surface area contributed by atoms with Crippen LogP contribution in [-0.4, -0.2) is 24.4 Å². The van der Waals surface area contributed by atoms with Crippen LogP contribution < -0.4 is 10.2 Å². The average Bonchev–Trinajstić information content (AvgIpc) is 3.16. The Morgan fingerprint density at radius 2 is 1.61 bits per heavy atom. The van der Waals surface area contributed by atoms with E-state index in [2.05, 4.69) is 66.7 Å². The first-order valence-electron chi connectivity index (χ1n) is 8.66. The van der Waals surface area contributed by atoms with Crippen molar-refractivity contribution in [1.29, 1.82) is 0 Å². The predicted octanol–water partition coefficient (Wildman–Crippen LogP) is 3.82. The molecule has 1 aliphatic carbocycles. The molecule has 0 radical (unpaired) electrons. The number of benzene rings is 1. The summed E-state index contributed by atoms with van der Waals surface area (Å²) in [5, 5.41) is 0. The molecule has 126 valence electrons. The lowest BCUT2D eigenvalue weighted by atomic mass is 9.76. The van der Waals surface area contributed by atoms with Gasteiger partial charge in [0.25, 0.3) is 0 Å². The van der Waals surface area contributed by atoms with Crippen LogP contribution in [0.15, 0.2) is 18.2 Å². The monoisotopic (exact) mass is 316 g/mol. The fraction of sp³-hybridized carbons (Fsp3) is 0.684. The van der Waals surface area contributed by atoms with Crippen molar-refractivity contribution in [3.05, 3.63) is 23.8 Å². The molecule has 0 unspecified atom stereocenters. The third kappa shape index (κ3) is 3.29. The third-order valence-corrected chi connectivity index (χ3v) is 5.20. The van der Waals surface area contributed by atoms with Crippen molar-refractivity contribution < 1.29 is 14.0 Å². The summed E-state index contributed by atoms with van der Waals surface area (Å²) in [5.74, 6) is 0.915. The maximum atomic E-state index is 6.22. The molecule has 2 fully saturated rings. The van der Waals surface area contributed by atoms with Crippen LogP contribution in [0.3, 0.4) is 0 Å². The molecule has 1 saturated carbocycles. The number of rotatable bonds is 3. The summed E-state index contributed by atoms with van der Waals surface area (Å²) in [7, 11) is -0.372. The summed E-state index contributed by atoms with van der Waals surface area (Å²) >= 11 is 0. The van der Waals surface area contributed by atoms with E-state index in [4.69, 9.17) is 14.0 Å². The van der Waals surface area contributed by atoms with E-state index in [0.29, 0.717) is 6.10 Å². The zero-order chi connectivity index (χ0) is 17.0. The number of hydrogen-bond acceptors (Lipinski definition) is 3. The topological polar surface area (TPSA) is 27.7 Å². The Labute approximate surface area is 140 Å². The van der Waals surface area contributed by atoms with Gasteiger partial charge in [-0.1, -0.05) is 32.9 Å². The molecule has 4 heteroatoms. The molecule has 0 bridgehead atoms. The molecular weight excluding hydrogens is 287 g/mol. The Hall–Kier alpha value is -0.995. The molecule has 0 amide bonds. The van der Waals surface area contributed by atoms with E-state index in [1.165, 1.54) is 5.56 Å². The van der Waals surface area contributed by atoms with Crippen molar-refractivity contribution in [2.75, 3.05) is 0 Å².